The highest BCUT2D eigenvalue weighted by atomic mass is 16.1. The summed E-state index contributed by atoms with van der Waals surface area (Å²) in [6.07, 6.45) is 3.27. The van der Waals surface area contributed by atoms with E-state index in [1.165, 1.54) is 4.57 Å². The molecule has 0 N–H and O–H groups in total. The number of rotatable bonds is 3. The van der Waals surface area contributed by atoms with Gasteiger partial charge in [-0.15, -0.1) is 0 Å². The third kappa shape index (κ3) is 3.23. The summed E-state index contributed by atoms with van der Waals surface area (Å²) in [5, 5.41) is 8.75. The van der Waals surface area contributed by atoms with Crippen LogP contribution in [0.2, 0.25) is 0 Å². The maximum Gasteiger partial charge on any atom is 0.260 e. The van der Waals surface area contributed by atoms with Crippen molar-refractivity contribution in [1.29, 1.82) is 0 Å². The molecule has 1 aliphatic heterocycles. The van der Waals surface area contributed by atoms with E-state index in [9.17, 15) is 4.79 Å². The van der Waals surface area contributed by atoms with Gasteiger partial charge >= 0.3 is 0 Å². The Labute approximate surface area is 145 Å². The van der Waals surface area contributed by atoms with Crippen LogP contribution in [-0.2, 0) is 13.6 Å². The first-order valence-corrected chi connectivity index (χ1v) is 8.40. The highest BCUT2D eigenvalue weighted by Gasteiger charge is 2.18. The standard InChI is InChI=1S/C18H20N6O/c1-22-13-19-17-11-15(4-5-16(17)18(22)25)24-9-7-23(8-10-24)12-14-3-2-6-20-21-14/h2-6,11,13H,7-10,12H2,1H3. The lowest BCUT2D eigenvalue weighted by Crippen LogP contribution is -2.46. The molecule has 0 bridgehead atoms. The van der Waals surface area contributed by atoms with Gasteiger partial charge in [0.2, 0.25) is 0 Å². The van der Waals surface area contributed by atoms with E-state index < -0.39 is 0 Å². The first kappa shape index (κ1) is 15.7. The van der Waals surface area contributed by atoms with Crippen molar-refractivity contribution in [2.45, 2.75) is 6.54 Å². The van der Waals surface area contributed by atoms with E-state index in [1.54, 1.807) is 19.6 Å². The third-order valence-corrected chi connectivity index (χ3v) is 4.65. The van der Waals surface area contributed by atoms with Crippen LogP contribution in [0.15, 0.2) is 47.7 Å². The lowest BCUT2D eigenvalue weighted by molar-refractivity contribution is 0.246. The fourth-order valence-corrected chi connectivity index (χ4v) is 3.21. The average Bonchev–Trinajstić information content (AvgIpc) is 2.66. The van der Waals surface area contributed by atoms with Crippen LogP contribution >= 0.6 is 0 Å². The predicted molar refractivity (Wildman–Crippen MR) is 96.5 cm³/mol. The van der Waals surface area contributed by atoms with Gasteiger partial charge in [-0.3, -0.25) is 9.69 Å². The Morgan fingerprint density at radius 1 is 1.12 bits per heavy atom. The van der Waals surface area contributed by atoms with Gasteiger partial charge in [0.05, 0.1) is 22.9 Å². The zero-order chi connectivity index (χ0) is 17.2. The summed E-state index contributed by atoms with van der Waals surface area (Å²) in [5.41, 5.74) is 2.86. The van der Waals surface area contributed by atoms with Crippen LogP contribution in [0.25, 0.3) is 10.9 Å². The fourth-order valence-electron chi connectivity index (χ4n) is 3.21. The molecule has 4 rings (SSSR count). The third-order valence-electron chi connectivity index (χ3n) is 4.65. The van der Waals surface area contributed by atoms with Crippen molar-refractivity contribution in [1.82, 2.24) is 24.6 Å². The van der Waals surface area contributed by atoms with Gasteiger partial charge in [-0.05, 0) is 30.3 Å². The Balaban J connectivity index is 1.46. The molecule has 3 aromatic rings. The monoisotopic (exact) mass is 336 g/mol. The molecule has 0 aliphatic carbocycles. The minimum absolute atomic E-state index is 0.00894. The normalized spacial score (nSPS) is 15.6. The molecule has 0 radical (unpaired) electrons. The molecule has 1 aromatic carbocycles. The number of anilines is 1. The zero-order valence-corrected chi connectivity index (χ0v) is 14.2. The van der Waals surface area contributed by atoms with Crippen molar-refractivity contribution in [3.63, 3.8) is 0 Å². The Morgan fingerprint density at radius 2 is 1.96 bits per heavy atom. The smallest absolute Gasteiger partial charge is 0.260 e. The highest BCUT2D eigenvalue weighted by Crippen LogP contribution is 2.20. The van der Waals surface area contributed by atoms with Crippen LogP contribution in [0.5, 0.6) is 0 Å². The summed E-state index contributed by atoms with van der Waals surface area (Å²) in [6, 6.07) is 9.84. The molecule has 0 atom stereocenters. The Hall–Kier alpha value is -2.80. The van der Waals surface area contributed by atoms with Crippen molar-refractivity contribution in [2.24, 2.45) is 7.05 Å². The molecule has 7 heteroatoms. The van der Waals surface area contributed by atoms with Crippen LogP contribution in [0.3, 0.4) is 0 Å². The Bertz CT molecular complexity index is 931. The van der Waals surface area contributed by atoms with Gasteiger partial charge in [-0.1, -0.05) is 0 Å². The van der Waals surface area contributed by atoms with Crippen molar-refractivity contribution in [2.75, 3.05) is 31.1 Å². The van der Waals surface area contributed by atoms with Gasteiger partial charge in [0.15, 0.2) is 0 Å². The maximum atomic E-state index is 12.1. The van der Waals surface area contributed by atoms with Crippen LogP contribution < -0.4 is 10.5 Å². The lowest BCUT2D eigenvalue weighted by Gasteiger charge is -2.35. The van der Waals surface area contributed by atoms with Crippen molar-refractivity contribution in [3.8, 4) is 0 Å². The highest BCUT2D eigenvalue weighted by molar-refractivity contribution is 5.81. The summed E-state index contributed by atoms with van der Waals surface area (Å²) in [4.78, 5) is 21.2. The molecule has 7 nitrogen and oxygen atoms in total. The van der Waals surface area contributed by atoms with Crippen molar-refractivity contribution < 1.29 is 0 Å². The SMILES string of the molecule is Cn1cnc2cc(N3CCN(Cc4cccnn4)CC3)ccc2c1=O. The molecule has 25 heavy (non-hydrogen) atoms. The summed E-state index contributed by atoms with van der Waals surface area (Å²) < 4.78 is 1.51. The number of benzene rings is 1. The average molecular weight is 336 g/mol. The Morgan fingerprint density at radius 3 is 2.72 bits per heavy atom. The first-order valence-electron chi connectivity index (χ1n) is 8.40. The van der Waals surface area contributed by atoms with Gasteiger partial charge in [-0.25, -0.2) is 4.98 Å². The number of fused-ring (bicyclic) bond motifs is 1. The van der Waals surface area contributed by atoms with E-state index >= 15 is 0 Å². The summed E-state index contributed by atoms with van der Waals surface area (Å²) in [5.74, 6) is 0. The second-order valence-electron chi connectivity index (χ2n) is 6.34. The molecule has 2 aromatic heterocycles. The lowest BCUT2D eigenvalue weighted by atomic mass is 10.2. The van der Waals surface area contributed by atoms with E-state index in [2.05, 4.69) is 25.0 Å². The molecule has 1 fully saturated rings. The molecule has 128 valence electrons. The Kier molecular flexibility index (Phi) is 4.15. The minimum atomic E-state index is -0.00894. The topological polar surface area (TPSA) is 67.2 Å². The number of nitrogens with zero attached hydrogens (tertiary/aromatic N) is 6. The molecule has 0 spiro atoms. The molecular formula is C18H20N6O. The van der Waals surface area contributed by atoms with Gasteiger partial charge in [0.25, 0.3) is 5.56 Å². The van der Waals surface area contributed by atoms with Crippen molar-refractivity contribution in [3.05, 3.63) is 58.9 Å². The number of aromatic nitrogens is 4. The first-order chi connectivity index (χ1) is 12.2. The quantitative estimate of drug-likeness (QED) is 0.712. The summed E-state index contributed by atoms with van der Waals surface area (Å²) in [6.45, 7) is 4.65. The van der Waals surface area contributed by atoms with Crippen LogP contribution in [-0.4, -0.2) is 50.8 Å². The molecule has 1 aliphatic rings. The fraction of sp³-hybridized carbons (Fsp3) is 0.333. The number of piperazine rings is 1. The molecule has 1 saturated heterocycles. The number of hydrogen-bond acceptors (Lipinski definition) is 6. The minimum Gasteiger partial charge on any atom is -0.369 e. The van der Waals surface area contributed by atoms with Crippen LogP contribution in [0, 0.1) is 0 Å². The second kappa shape index (κ2) is 6.60. The molecule has 0 saturated carbocycles. The van der Waals surface area contributed by atoms with Gasteiger partial charge in [0, 0.05) is 51.7 Å². The van der Waals surface area contributed by atoms with Gasteiger partial charge < -0.3 is 9.47 Å². The summed E-state index contributed by atoms with van der Waals surface area (Å²) in [7, 11) is 1.72. The van der Waals surface area contributed by atoms with Gasteiger partial charge in [-0.2, -0.15) is 10.2 Å². The number of aryl methyl sites for hydroxylation is 1. The predicted octanol–water partition coefficient (Wildman–Crippen LogP) is 1.05. The van der Waals surface area contributed by atoms with E-state index in [1.807, 2.05) is 30.3 Å². The van der Waals surface area contributed by atoms with E-state index in [0.29, 0.717) is 5.39 Å². The maximum absolute atomic E-state index is 12.1. The summed E-state index contributed by atoms with van der Waals surface area (Å²) >= 11 is 0. The van der Waals surface area contributed by atoms with Crippen LogP contribution in [0.4, 0.5) is 5.69 Å². The molecular weight excluding hydrogens is 316 g/mol. The van der Waals surface area contributed by atoms with Crippen molar-refractivity contribution >= 4 is 16.6 Å². The molecule has 0 unspecified atom stereocenters. The second-order valence-corrected chi connectivity index (χ2v) is 6.34. The van der Waals surface area contributed by atoms with E-state index in [0.717, 1.165) is 49.6 Å². The zero-order valence-electron chi connectivity index (χ0n) is 14.2. The number of hydrogen-bond donors (Lipinski definition) is 0. The molecule has 3 heterocycles. The van der Waals surface area contributed by atoms with E-state index in [4.69, 9.17) is 0 Å². The molecule has 0 amide bonds. The van der Waals surface area contributed by atoms with Gasteiger partial charge in [0.1, 0.15) is 0 Å². The van der Waals surface area contributed by atoms with E-state index in [-0.39, 0.29) is 5.56 Å². The largest absolute Gasteiger partial charge is 0.369 e. The van der Waals surface area contributed by atoms with Crippen LogP contribution in [0.1, 0.15) is 5.69 Å².